The number of nitrogens with zero attached hydrogens (tertiary/aromatic N) is 4. The highest BCUT2D eigenvalue weighted by Crippen LogP contribution is 2.10. The molecule has 184 valence electrons. The molecule has 1 fully saturated rings. The van der Waals surface area contributed by atoms with Crippen LogP contribution in [0.2, 0.25) is 0 Å². The fraction of sp³-hybridized carbons (Fsp3) is 0.778. The van der Waals surface area contributed by atoms with Gasteiger partial charge in [-0.25, -0.2) is 0 Å². The van der Waals surface area contributed by atoms with Crippen LogP contribution < -0.4 is 0 Å². The van der Waals surface area contributed by atoms with E-state index in [0.717, 1.165) is 0 Å². The van der Waals surface area contributed by atoms with Crippen molar-refractivity contribution >= 4 is 23.9 Å². The topological polar surface area (TPSA) is 203 Å². The highest BCUT2D eigenvalue weighted by molar-refractivity contribution is 5.70. The molecule has 1 saturated heterocycles. The number of carbonyl (C=O) groups is 4. The van der Waals surface area contributed by atoms with Gasteiger partial charge in [-0.2, -0.15) is 0 Å². The van der Waals surface area contributed by atoms with E-state index in [4.69, 9.17) is 0 Å². The lowest BCUT2D eigenvalue weighted by molar-refractivity contribution is -0.143. The average Bonchev–Trinajstić information content (AvgIpc) is 2.67. The van der Waals surface area contributed by atoms with Crippen molar-refractivity contribution in [2.75, 3.05) is 78.7 Å². The van der Waals surface area contributed by atoms with Gasteiger partial charge in [0.25, 0.3) is 0 Å². The van der Waals surface area contributed by atoms with Crippen LogP contribution in [0.1, 0.15) is 0 Å². The Morgan fingerprint density at radius 2 is 0.875 bits per heavy atom. The van der Waals surface area contributed by atoms with Crippen molar-refractivity contribution in [1.82, 2.24) is 19.6 Å². The molecular weight excluding hydrogens is 432 g/mol. The number of aliphatic carboxylic acids is 4. The lowest BCUT2D eigenvalue weighted by Gasteiger charge is -2.39. The summed E-state index contributed by atoms with van der Waals surface area (Å²) < 4.78 is 0. The minimum atomic E-state index is -1.17. The molecule has 6 N–H and O–H groups in total. The number of hydrogen-bond acceptors (Lipinski definition) is 10. The second-order valence-corrected chi connectivity index (χ2v) is 7.66. The van der Waals surface area contributed by atoms with Crippen molar-refractivity contribution < 1.29 is 49.8 Å². The van der Waals surface area contributed by atoms with Crippen LogP contribution in [0.4, 0.5) is 0 Å². The first-order valence-electron chi connectivity index (χ1n) is 10.1. The summed E-state index contributed by atoms with van der Waals surface area (Å²) in [5, 5.41) is 56.7. The van der Waals surface area contributed by atoms with Gasteiger partial charge in [0.15, 0.2) is 0 Å². The summed E-state index contributed by atoms with van der Waals surface area (Å²) in [6.07, 6.45) is 0. The molecule has 2 unspecified atom stereocenters. The fourth-order valence-electron chi connectivity index (χ4n) is 3.69. The van der Waals surface area contributed by atoms with E-state index in [1.54, 1.807) is 0 Å². The quantitative estimate of drug-likeness (QED) is 0.184. The average molecular weight is 464 g/mol. The van der Waals surface area contributed by atoms with Crippen LogP contribution in [-0.2, 0) is 19.2 Å². The Hall–Kier alpha value is -2.36. The lowest BCUT2D eigenvalue weighted by Crippen LogP contribution is -2.56. The molecule has 0 spiro atoms. The van der Waals surface area contributed by atoms with E-state index in [0.29, 0.717) is 0 Å². The molecule has 32 heavy (non-hydrogen) atoms. The molecule has 2 atom stereocenters. The molecule has 1 heterocycles. The molecule has 0 aromatic heterocycles. The van der Waals surface area contributed by atoms with Gasteiger partial charge in [0.2, 0.25) is 0 Å². The molecule has 0 aliphatic carbocycles. The Balaban J connectivity index is 3.27. The first-order valence-corrected chi connectivity index (χ1v) is 10.1. The number of carboxylic acid groups (broad SMARTS) is 4. The minimum Gasteiger partial charge on any atom is -0.480 e. The second kappa shape index (κ2) is 13.9. The number of carboxylic acids is 4. The van der Waals surface area contributed by atoms with Gasteiger partial charge in [0, 0.05) is 51.4 Å². The number of aliphatic hydroxyl groups is 2. The van der Waals surface area contributed by atoms with Crippen molar-refractivity contribution in [3.63, 3.8) is 0 Å². The SMILES string of the molecule is O=C(O)CN1CCN(CC(=O)O)CC(CO)N(CC(=O)O)CCN(CC(=O)O)C(CO)C1. The summed E-state index contributed by atoms with van der Waals surface area (Å²) in [6.45, 7) is -2.35. The van der Waals surface area contributed by atoms with Crippen LogP contribution in [0.15, 0.2) is 0 Å². The van der Waals surface area contributed by atoms with Gasteiger partial charge in [-0.1, -0.05) is 0 Å². The van der Waals surface area contributed by atoms with Gasteiger partial charge in [-0.05, 0) is 0 Å². The third kappa shape index (κ3) is 10.3. The number of aliphatic hydroxyl groups excluding tert-OH is 2. The maximum absolute atomic E-state index is 11.3. The first kappa shape index (κ1) is 27.7. The monoisotopic (exact) mass is 464 g/mol. The van der Waals surface area contributed by atoms with Gasteiger partial charge in [-0.15, -0.1) is 0 Å². The van der Waals surface area contributed by atoms with E-state index < -0.39 is 75.4 Å². The van der Waals surface area contributed by atoms with E-state index in [1.165, 1.54) is 19.6 Å². The normalized spacial score (nSPS) is 23.2. The number of hydrogen-bond donors (Lipinski definition) is 6. The van der Waals surface area contributed by atoms with Crippen LogP contribution in [0.25, 0.3) is 0 Å². The summed E-state index contributed by atoms with van der Waals surface area (Å²) >= 11 is 0. The number of rotatable bonds is 10. The van der Waals surface area contributed by atoms with Crippen LogP contribution in [0, 0.1) is 0 Å². The van der Waals surface area contributed by atoms with Crippen molar-refractivity contribution in [2.45, 2.75) is 12.1 Å². The zero-order valence-corrected chi connectivity index (χ0v) is 17.7. The van der Waals surface area contributed by atoms with E-state index in [9.17, 15) is 49.8 Å². The summed E-state index contributed by atoms with van der Waals surface area (Å²) in [7, 11) is 0. The Morgan fingerprint density at radius 1 is 0.562 bits per heavy atom. The zero-order chi connectivity index (χ0) is 24.3. The fourth-order valence-corrected chi connectivity index (χ4v) is 3.69. The van der Waals surface area contributed by atoms with Crippen LogP contribution in [0.5, 0.6) is 0 Å². The van der Waals surface area contributed by atoms with E-state index in [1.807, 2.05) is 0 Å². The van der Waals surface area contributed by atoms with Gasteiger partial charge >= 0.3 is 23.9 Å². The van der Waals surface area contributed by atoms with Crippen LogP contribution in [-0.4, -0.2) is 165 Å². The van der Waals surface area contributed by atoms with E-state index >= 15 is 0 Å². The first-order chi connectivity index (χ1) is 15.0. The smallest absolute Gasteiger partial charge is 0.317 e. The molecule has 1 aliphatic rings. The third-order valence-corrected chi connectivity index (χ3v) is 5.19. The summed E-state index contributed by atoms with van der Waals surface area (Å²) in [5.41, 5.74) is 0. The van der Waals surface area contributed by atoms with Gasteiger partial charge in [0.1, 0.15) is 0 Å². The Bertz CT molecular complexity index is 595. The van der Waals surface area contributed by atoms with Crippen molar-refractivity contribution in [2.24, 2.45) is 0 Å². The molecule has 0 bridgehead atoms. The molecule has 1 aliphatic heterocycles. The Kier molecular flexibility index (Phi) is 12.0. The van der Waals surface area contributed by atoms with Gasteiger partial charge < -0.3 is 30.6 Å². The van der Waals surface area contributed by atoms with Gasteiger partial charge in [-0.3, -0.25) is 38.8 Å². The second-order valence-electron chi connectivity index (χ2n) is 7.66. The summed E-state index contributed by atoms with van der Waals surface area (Å²) in [4.78, 5) is 51.1. The van der Waals surface area contributed by atoms with Crippen molar-refractivity contribution in [1.29, 1.82) is 0 Å². The van der Waals surface area contributed by atoms with E-state index in [-0.39, 0.29) is 39.3 Å². The predicted octanol–water partition coefficient (Wildman–Crippen LogP) is -3.73. The molecule has 0 amide bonds. The van der Waals surface area contributed by atoms with Crippen molar-refractivity contribution in [3.8, 4) is 0 Å². The molecule has 0 radical (unpaired) electrons. The highest BCUT2D eigenvalue weighted by atomic mass is 16.4. The van der Waals surface area contributed by atoms with Crippen LogP contribution >= 0.6 is 0 Å². The summed E-state index contributed by atoms with van der Waals surface area (Å²) in [5.74, 6) is -4.61. The molecule has 14 nitrogen and oxygen atoms in total. The molecule has 14 heteroatoms. The third-order valence-electron chi connectivity index (χ3n) is 5.19. The van der Waals surface area contributed by atoms with Crippen molar-refractivity contribution in [3.05, 3.63) is 0 Å². The maximum Gasteiger partial charge on any atom is 0.317 e. The minimum absolute atomic E-state index is 0.0132. The molecule has 1 rings (SSSR count). The largest absolute Gasteiger partial charge is 0.480 e. The maximum atomic E-state index is 11.3. The molecular formula is C18H32N4O10. The lowest BCUT2D eigenvalue weighted by atomic mass is 10.1. The molecule has 0 saturated carbocycles. The van der Waals surface area contributed by atoms with Gasteiger partial charge in [0.05, 0.1) is 39.4 Å². The standard InChI is InChI=1S/C18H32N4O10/c23-11-13-5-19(7-15(25)26)1-2-20(8-16(27)28)6-14(12-24)22(10-18(31)32)4-3-21(13)9-17(29)30/h13-14,23-24H,1-12H2,(H,25,26)(H,27,28)(H,29,30)(H,31,32). The zero-order valence-electron chi connectivity index (χ0n) is 17.7. The highest BCUT2D eigenvalue weighted by Gasteiger charge is 2.29. The van der Waals surface area contributed by atoms with E-state index in [2.05, 4.69) is 0 Å². The predicted molar refractivity (Wildman–Crippen MR) is 108 cm³/mol. The molecule has 0 aromatic rings. The van der Waals surface area contributed by atoms with Crippen LogP contribution in [0.3, 0.4) is 0 Å². The molecule has 0 aromatic carbocycles. The Morgan fingerprint density at radius 3 is 1.12 bits per heavy atom. The Labute approximate surface area is 184 Å². The summed E-state index contributed by atoms with van der Waals surface area (Å²) in [6, 6.07) is -1.51.